The molecule has 2 N–H and O–H groups in total. The molecule has 0 fully saturated rings. The van der Waals surface area contributed by atoms with Crippen LogP contribution in [0.25, 0.3) is 22.3 Å². The summed E-state index contributed by atoms with van der Waals surface area (Å²) in [4.78, 5) is 11.4. The first-order chi connectivity index (χ1) is 18.1. The number of aromatic nitrogens is 6. The van der Waals surface area contributed by atoms with Gasteiger partial charge < -0.3 is 29.2 Å². The zero-order valence-electron chi connectivity index (χ0n) is 20.6. The van der Waals surface area contributed by atoms with Crippen LogP contribution in [0.1, 0.15) is 5.89 Å². The summed E-state index contributed by atoms with van der Waals surface area (Å²) in [5.74, 6) is 1.64. The van der Waals surface area contributed by atoms with Gasteiger partial charge in [-0.2, -0.15) is 5.10 Å². The van der Waals surface area contributed by atoms with E-state index in [2.05, 4.69) is 25.6 Å². The molecule has 0 aliphatic heterocycles. The predicted molar refractivity (Wildman–Crippen MR) is 137 cm³/mol. The van der Waals surface area contributed by atoms with Crippen LogP contribution in [0.15, 0.2) is 59.4 Å². The number of hydrogen-bond donors (Lipinski definition) is 2. The molecule has 0 bridgehead atoms. The number of aliphatic hydroxyl groups is 1. The van der Waals surface area contributed by atoms with E-state index in [4.69, 9.17) is 24.0 Å². The molecule has 5 rings (SSSR count). The Hall–Kier alpha value is -4.71. The van der Waals surface area contributed by atoms with Crippen LogP contribution >= 0.6 is 0 Å². The van der Waals surface area contributed by atoms with E-state index in [9.17, 15) is 0 Å². The topological polar surface area (TPSA) is 136 Å². The molecule has 0 aliphatic carbocycles. The average Bonchev–Trinajstić information content (AvgIpc) is 3.58. The van der Waals surface area contributed by atoms with E-state index in [1.165, 1.54) is 0 Å². The van der Waals surface area contributed by atoms with Crippen LogP contribution in [0.3, 0.4) is 0 Å². The number of nitrogens with one attached hydrogen (secondary N) is 1. The van der Waals surface area contributed by atoms with Crippen LogP contribution in [0.2, 0.25) is 0 Å². The smallest absolute Gasteiger partial charge is 0.315 e. The van der Waals surface area contributed by atoms with Crippen molar-refractivity contribution in [2.45, 2.75) is 6.54 Å². The first-order valence-electron chi connectivity index (χ1n) is 11.5. The molecule has 0 atom stereocenters. The third kappa shape index (κ3) is 5.28. The summed E-state index contributed by atoms with van der Waals surface area (Å²) in [6.07, 6.45) is 5.39. The zero-order valence-corrected chi connectivity index (χ0v) is 20.6. The maximum Gasteiger partial charge on any atom is 0.315 e. The Morgan fingerprint density at radius 3 is 2.51 bits per heavy atom. The number of nitrogens with zero attached hydrogens (tertiary/aromatic N) is 7. The van der Waals surface area contributed by atoms with Gasteiger partial charge in [0.05, 0.1) is 49.9 Å². The fourth-order valence-corrected chi connectivity index (χ4v) is 3.83. The van der Waals surface area contributed by atoms with E-state index < -0.39 is 0 Å². The molecule has 190 valence electrons. The van der Waals surface area contributed by atoms with Crippen LogP contribution in [0.5, 0.6) is 11.5 Å². The molecular weight excluding hydrogens is 476 g/mol. The number of fused-ring (bicyclic) bond motifs is 1. The van der Waals surface area contributed by atoms with Gasteiger partial charge in [-0.15, -0.1) is 5.10 Å². The highest BCUT2D eigenvalue weighted by Crippen LogP contribution is 2.35. The molecule has 0 saturated carbocycles. The Morgan fingerprint density at radius 1 is 1.00 bits per heavy atom. The number of methoxy groups -OCH3 is 2. The number of rotatable bonds is 10. The van der Waals surface area contributed by atoms with Crippen molar-refractivity contribution in [3.05, 3.63) is 60.9 Å². The first kappa shape index (κ1) is 24.0. The summed E-state index contributed by atoms with van der Waals surface area (Å²) >= 11 is 0. The summed E-state index contributed by atoms with van der Waals surface area (Å²) in [5, 5.41) is 24.3. The van der Waals surface area contributed by atoms with E-state index >= 15 is 0 Å². The van der Waals surface area contributed by atoms with Gasteiger partial charge in [0, 0.05) is 54.9 Å². The molecular formula is C25H26N8O4. The number of hydrogen-bond acceptors (Lipinski definition) is 11. The number of aryl methyl sites for hydroxylation is 1. The van der Waals surface area contributed by atoms with Crippen molar-refractivity contribution in [1.29, 1.82) is 0 Å². The van der Waals surface area contributed by atoms with Gasteiger partial charge in [0.1, 0.15) is 18.0 Å². The Bertz CT molecular complexity index is 1490. The molecule has 37 heavy (non-hydrogen) atoms. The van der Waals surface area contributed by atoms with Gasteiger partial charge in [-0.05, 0) is 18.2 Å². The highest BCUT2D eigenvalue weighted by atomic mass is 16.5. The minimum Gasteiger partial charge on any atom is -0.497 e. The number of ether oxygens (including phenoxy) is 2. The van der Waals surface area contributed by atoms with Crippen LogP contribution in [-0.4, -0.2) is 62.4 Å². The highest BCUT2D eigenvalue weighted by molar-refractivity contribution is 5.82. The van der Waals surface area contributed by atoms with Gasteiger partial charge >= 0.3 is 6.01 Å². The Morgan fingerprint density at radius 2 is 1.81 bits per heavy atom. The lowest BCUT2D eigenvalue weighted by Gasteiger charge is -2.24. The van der Waals surface area contributed by atoms with Crippen molar-refractivity contribution in [3.63, 3.8) is 0 Å². The van der Waals surface area contributed by atoms with Crippen molar-refractivity contribution in [1.82, 2.24) is 29.9 Å². The molecule has 0 aliphatic rings. The fraction of sp³-hybridized carbons (Fsp3) is 0.240. The second-order valence-corrected chi connectivity index (χ2v) is 8.14. The highest BCUT2D eigenvalue weighted by Gasteiger charge is 2.18. The third-order valence-electron chi connectivity index (χ3n) is 5.63. The SMILES string of the molecule is COc1cc(OC)cc(N(Cc2nnc(NCCO)o2)c2ccc3ncc(-c4cnn(C)c4)nc3c2)c1. The average molecular weight is 503 g/mol. The largest absolute Gasteiger partial charge is 0.497 e. The summed E-state index contributed by atoms with van der Waals surface area (Å²) < 4.78 is 18.5. The summed E-state index contributed by atoms with van der Waals surface area (Å²) in [6, 6.07) is 11.6. The maximum atomic E-state index is 9.06. The van der Waals surface area contributed by atoms with E-state index in [-0.39, 0.29) is 19.2 Å². The molecule has 0 spiro atoms. The lowest BCUT2D eigenvalue weighted by Crippen LogP contribution is -2.17. The first-order valence-corrected chi connectivity index (χ1v) is 11.5. The zero-order chi connectivity index (χ0) is 25.8. The molecule has 0 amide bonds. The Balaban J connectivity index is 1.57. The molecule has 0 saturated heterocycles. The van der Waals surface area contributed by atoms with E-state index in [0.717, 1.165) is 33.7 Å². The standard InChI is InChI=1S/C25H26N8O4/c1-32-14-16(12-28-32)23-13-27-21-5-4-17(10-22(21)29-23)33(15-24-30-31-25(37-24)26-6-7-34)18-8-19(35-2)11-20(9-18)36-3/h4-5,8-14,34H,6-7,15H2,1-3H3,(H,26,31). The van der Waals surface area contributed by atoms with Crippen LogP contribution in [0.4, 0.5) is 17.4 Å². The summed E-state index contributed by atoms with van der Waals surface area (Å²) in [5.41, 5.74) is 4.69. The second-order valence-electron chi connectivity index (χ2n) is 8.14. The van der Waals surface area contributed by atoms with Crippen molar-refractivity contribution < 1.29 is 19.0 Å². The predicted octanol–water partition coefficient (Wildman–Crippen LogP) is 3.17. The van der Waals surface area contributed by atoms with Gasteiger partial charge in [0.2, 0.25) is 5.89 Å². The minimum absolute atomic E-state index is 0.0490. The maximum absolute atomic E-state index is 9.06. The molecule has 0 unspecified atom stereocenters. The molecule has 5 aromatic rings. The van der Waals surface area contributed by atoms with E-state index in [1.54, 1.807) is 37.4 Å². The van der Waals surface area contributed by atoms with E-state index in [0.29, 0.717) is 23.9 Å². The van der Waals surface area contributed by atoms with E-state index in [1.807, 2.05) is 48.5 Å². The molecule has 0 radical (unpaired) electrons. The van der Waals surface area contributed by atoms with Gasteiger partial charge in [-0.3, -0.25) is 9.67 Å². The normalized spacial score (nSPS) is 11.0. The van der Waals surface area contributed by atoms with Crippen LogP contribution < -0.4 is 19.7 Å². The van der Waals surface area contributed by atoms with Crippen molar-refractivity contribution in [2.75, 3.05) is 37.6 Å². The quantitative estimate of drug-likeness (QED) is 0.291. The lowest BCUT2D eigenvalue weighted by molar-refractivity contribution is 0.309. The fourth-order valence-electron chi connectivity index (χ4n) is 3.83. The number of benzene rings is 2. The second kappa shape index (κ2) is 10.5. The van der Waals surface area contributed by atoms with Gasteiger partial charge in [0.25, 0.3) is 0 Å². The molecule has 3 aromatic heterocycles. The molecule has 12 nitrogen and oxygen atoms in total. The van der Waals surface area contributed by atoms with Gasteiger partial charge in [0.15, 0.2) is 0 Å². The van der Waals surface area contributed by atoms with Crippen LogP contribution in [0, 0.1) is 0 Å². The van der Waals surface area contributed by atoms with Crippen molar-refractivity contribution >= 4 is 28.4 Å². The number of aliphatic hydroxyl groups excluding tert-OH is 1. The lowest BCUT2D eigenvalue weighted by atomic mass is 10.2. The third-order valence-corrected chi connectivity index (χ3v) is 5.63. The number of anilines is 3. The molecule has 3 heterocycles. The molecule has 12 heteroatoms. The Kier molecular flexibility index (Phi) is 6.81. The van der Waals surface area contributed by atoms with Crippen LogP contribution in [-0.2, 0) is 13.6 Å². The minimum atomic E-state index is -0.0490. The van der Waals surface area contributed by atoms with Crippen molar-refractivity contribution in [2.24, 2.45) is 7.05 Å². The Labute approximate surface area is 212 Å². The summed E-state index contributed by atoms with van der Waals surface area (Å²) in [7, 11) is 5.07. The monoisotopic (exact) mass is 502 g/mol. The summed E-state index contributed by atoms with van der Waals surface area (Å²) in [6.45, 7) is 0.513. The van der Waals surface area contributed by atoms with Gasteiger partial charge in [-0.1, -0.05) is 5.10 Å². The van der Waals surface area contributed by atoms with Gasteiger partial charge in [-0.25, -0.2) is 4.98 Å². The molecule has 2 aromatic carbocycles. The van der Waals surface area contributed by atoms with Crippen molar-refractivity contribution in [3.8, 4) is 22.8 Å².